The third-order valence-corrected chi connectivity index (χ3v) is 3.35. The van der Waals surface area contributed by atoms with Gasteiger partial charge >= 0.3 is 0 Å². The van der Waals surface area contributed by atoms with Crippen molar-refractivity contribution in [2.24, 2.45) is 5.92 Å². The fraction of sp³-hybridized carbons (Fsp3) is 0.714. The smallest absolute Gasteiger partial charge is 0.151 e. The van der Waals surface area contributed by atoms with Crippen LogP contribution in [0.3, 0.4) is 0 Å². The predicted molar refractivity (Wildman–Crippen MR) is 40.2 cm³/mol. The molecule has 1 rings (SSSR count). The number of hydrogen-bond donors (Lipinski definition) is 0. The van der Waals surface area contributed by atoms with Crippen molar-refractivity contribution in [1.29, 1.82) is 0 Å². The lowest BCUT2D eigenvalue weighted by molar-refractivity contribution is 0.601. The molecule has 0 saturated carbocycles. The Hall–Kier alpha value is -0.490. The molecule has 1 atom stereocenters. The SMILES string of the molecule is CC#CC1CCS(=O)(=O)C1. The van der Waals surface area contributed by atoms with Crippen LogP contribution in [-0.4, -0.2) is 19.9 Å². The summed E-state index contributed by atoms with van der Waals surface area (Å²) in [6.45, 7) is 1.74. The van der Waals surface area contributed by atoms with Gasteiger partial charge < -0.3 is 0 Å². The number of hydrogen-bond acceptors (Lipinski definition) is 2. The molecular formula is C7H10O2S. The van der Waals surface area contributed by atoms with E-state index in [0.717, 1.165) is 6.42 Å². The maximum absolute atomic E-state index is 10.8. The monoisotopic (exact) mass is 158 g/mol. The van der Waals surface area contributed by atoms with E-state index < -0.39 is 9.84 Å². The van der Waals surface area contributed by atoms with Crippen molar-refractivity contribution in [3.8, 4) is 11.8 Å². The Balaban J connectivity index is 2.66. The number of rotatable bonds is 0. The molecule has 0 N–H and O–H groups in total. The van der Waals surface area contributed by atoms with Crippen LogP contribution in [0.1, 0.15) is 13.3 Å². The van der Waals surface area contributed by atoms with Crippen molar-refractivity contribution in [2.45, 2.75) is 13.3 Å². The summed E-state index contributed by atoms with van der Waals surface area (Å²) >= 11 is 0. The highest BCUT2D eigenvalue weighted by molar-refractivity contribution is 7.91. The van der Waals surface area contributed by atoms with Gasteiger partial charge in [-0.3, -0.25) is 0 Å². The second-order valence-corrected chi connectivity index (χ2v) is 4.72. The predicted octanol–water partition coefficient (Wildman–Crippen LogP) is 0.444. The molecule has 1 aliphatic heterocycles. The minimum Gasteiger partial charge on any atom is -0.229 e. The normalized spacial score (nSPS) is 29.1. The molecule has 0 spiro atoms. The van der Waals surface area contributed by atoms with E-state index in [-0.39, 0.29) is 11.7 Å². The molecule has 0 aromatic rings. The van der Waals surface area contributed by atoms with Crippen LogP contribution in [0.25, 0.3) is 0 Å². The minimum absolute atomic E-state index is 0.106. The summed E-state index contributed by atoms with van der Waals surface area (Å²) in [4.78, 5) is 0. The fourth-order valence-electron chi connectivity index (χ4n) is 1.11. The van der Waals surface area contributed by atoms with E-state index in [1.54, 1.807) is 6.92 Å². The number of sulfone groups is 1. The van der Waals surface area contributed by atoms with Gasteiger partial charge in [0.2, 0.25) is 0 Å². The third kappa shape index (κ3) is 1.74. The minimum atomic E-state index is -2.72. The van der Waals surface area contributed by atoms with E-state index in [1.165, 1.54) is 0 Å². The zero-order chi connectivity index (χ0) is 7.61. The average Bonchev–Trinajstić information content (AvgIpc) is 2.12. The molecule has 1 aliphatic rings. The first kappa shape index (κ1) is 7.62. The highest BCUT2D eigenvalue weighted by Crippen LogP contribution is 2.16. The van der Waals surface area contributed by atoms with E-state index >= 15 is 0 Å². The fourth-order valence-corrected chi connectivity index (χ4v) is 2.79. The molecule has 2 nitrogen and oxygen atoms in total. The molecule has 1 saturated heterocycles. The van der Waals surface area contributed by atoms with Gasteiger partial charge in [0, 0.05) is 5.92 Å². The van der Waals surface area contributed by atoms with Crippen LogP contribution in [-0.2, 0) is 9.84 Å². The summed E-state index contributed by atoms with van der Waals surface area (Å²) in [6.07, 6.45) is 0.725. The second kappa shape index (κ2) is 2.63. The Bertz CT molecular complexity index is 266. The van der Waals surface area contributed by atoms with Gasteiger partial charge in [0.05, 0.1) is 11.5 Å². The summed E-state index contributed by atoms with van der Waals surface area (Å²) < 4.78 is 21.7. The van der Waals surface area contributed by atoms with Crippen LogP contribution in [0, 0.1) is 17.8 Å². The second-order valence-electron chi connectivity index (χ2n) is 2.49. The lowest BCUT2D eigenvalue weighted by atomic mass is 10.1. The maximum Gasteiger partial charge on any atom is 0.151 e. The molecule has 1 unspecified atom stereocenters. The van der Waals surface area contributed by atoms with Gasteiger partial charge in [-0.05, 0) is 13.3 Å². The Morgan fingerprint density at radius 1 is 1.50 bits per heavy atom. The molecular weight excluding hydrogens is 148 g/mol. The van der Waals surface area contributed by atoms with Gasteiger partial charge in [0.25, 0.3) is 0 Å². The summed E-state index contributed by atoms with van der Waals surface area (Å²) in [7, 11) is -2.72. The molecule has 0 bridgehead atoms. The molecule has 0 radical (unpaired) electrons. The van der Waals surface area contributed by atoms with Gasteiger partial charge in [-0.25, -0.2) is 8.42 Å². The molecule has 0 aliphatic carbocycles. The largest absolute Gasteiger partial charge is 0.229 e. The van der Waals surface area contributed by atoms with Gasteiger partial charge in [-0.1, -0.05) is 5.92 Å². The van der Waals surface area contributed by atoms with Crippen molar-refractivity contribution < 1.29 is 8.42 Å². The van der Waals surface area contributed by atoms with Crippen LogP contribution >= 0.6 is 0 Å². The lowest BCUT2D eigenvalue weighted by Gasteiger charge is -1.91. The zero-order valence-electron chi connectivity index (χ0n) is 5.92. The third-order valence-electron chi connectivity index (χ3n) is 1.58. The van der Waals surface area contributed by atoms with Crippen molar-refractivity contribution in [3.05, 3.63) is 0 Å². The van der Waals surface area contributed by atoms with Crippen molar-refractivity contribution in [3.63, 3.8) is 0 Å². The highest BCUT2D eigenvalue weighted by atomic mass is 32.2. The molecule has 0 amide bonds. The first-order valence-corrected chi connectivity index (χ1v) is 5.09. The van der Waals surface area contributed by atoms with Crippen LogP contribution in [0.4, 0.5) is 0 Å². The van der Waals surface area contributed by atoms with E-state index in [1.807, 2.05) is 0 Å². The van der Waals surface area contributed by atoms with E-state index in [4.69, 9.17) is 0 Å². The van der Waals surface area contributed by atoms with Gasteiger partial charge in [-0.2, -0.15) is 0 Å². The molecule has 1 fully saturated rings. The van der Waals surface area contributed by atoms with Gasteiger partial charge in [0.1, 0.15) is 0 Å². The zero-order valence-corrected chi connectivity index (χ0v) is 6.74. The van der Waals surface area contributed by atoms with Crippen molar-refractivity contribution in [2.75, 3.05) is 11.5 Å². The Morgan fingerprint density at radius 2 is 2.20 bits per heavy atom. The molecule has 10 heavy (non-hydrogen) atoms. The Labute approximate surface area is 61.5 Å². The summed E-state index contributed by atoms with van der Waals surface area (Å²) in [5, 5.41) is 0. The van der Waals surface area contributed by atoms with Gasteiger partial charge in [0.15, 0.2) is 9.84 Å². The van der Waals surface area contributed by atoms with Crippen LogP contribution in [0.15, 0.2) is 0 Å². The quantitative estimate of drug-likeness (QED) is 0.479. The molecule has 0 aromatic carbocycles. The molecule has 56 valence electrons. The van der Waals surface area contributed by atoms with Crippen LogP contribution in [0.2, 0.25) is 0 Å². The average molecular weight is 158 g/mol. The first-order chi connectivity index (χ1) is 4.64. The Morgan fingerprint density at radius 3 is 2.60 bits per heavy atom. The standard InChI is InChI=1S/C7H10O2S/c1-2-3-7-4-5-10(8,9)6-7/h7H,4-6H2,1H3. The van der Waals surface area contributed by atoms with Crippen LogP contribution in [0.5, 0.6) is 0 Å². The first-order valence-electron chi connectivity index (χ1n) is 3.27. The maximum atomic E-state index is 10.8. The van der Waals surface area contributed by atoms with E-state index in [2.05, 4.69) is 11.8 Å². The summed E-state index contributed by atoms with van der Waals surface area (Å²) in [6, 6.07) is 0. The van der Waals surface area contributed by atoms with E-state index in [9.17, 15) is 8.42 Å². The van der Waals surface area contributed by atoms with Crippen molar-refractivity contribution >= 4 is 9.84 Å². The highest BCUT2D eigenvalue weighted by Gasteiger charge is 2.25. The summed E-state index contributed by atoms with van der Waals surface area (Å²) in [5.74, 6) is 6.31. The van der Waals surface area contributed by atoms with Crippen molar-refractivity contribution in [1.82, 2.24) is 0 Å². The Kier molecular flexibility index (Phi) is 2.00. The van der Waals surface area contributed by atoms with Crippen LogP contribution < -0.4 is 0 Å². The van der Waals surface area contributed by atoms with Gasteiger partial charge in [-0.15, -0.1) is 5.92 Å². The summed E-state index contributed by atoms with van der Waals surface area (Å²) in [5.41, 5.74) is 0. The molecule has 3 heteroatoms. The lowest BCUT2D eigenvalue weighted by Crippen LogP contribution is -2.02. The molecule has 1 heterocycles. The topological polar surface area (TPSA) is 34.1 Å². The molecule has 0 aromatic heterocycles. The van der Waals surface area contributed by atoms with E-state index in [0.29, 0.717) is 5.75 Å².